The van der Waals surface area contributed by atoms with E-state index < -0.39 is 23.6 Å². The molecule has 1 aromatic rings. The number of carboxylic acids is 1. The fraction of sp³-hybridized carbons (Fsp3) is 0.500. The summed E-state index contributed by atoms with van der Waals surface area (Å²) in [7, 11) is 0. The van der Waals surface area contributed by atoms with E-state index >= 15 is 0 Å². The molecule has 6 heteroatoms. The van der Waals surface area contributed by atoms with Crippen molar-refractivity contribution in [2.24, 2.45) is 5.92 Å². The summed E-state index contributed by atoms with van der Waals surface area (Å²) in [5.74, 6) is -3.38. The minimum absolute atomic E-state index is 0.138. The van der Waals surface area contributed by atoms with Crippen molar-refractivity contribution in [1.82, 2.24) is 5.32 Å². The predicted octanol–water partition coefficient (Wildman–Crippen LogP) is 2.90. The molecule has 22 heavy (non-hydrogen) atoms. The number of aliphatic carboxylic acids is 1. The number of carboxylic acid groups (broad SMARTS) is 1. The van der Waals surface area contributed by atoms with E-state index in [1.54, 1.807) is 6.92 Å². The maximum Gasteiger partial charge on any atom is 0.326 e. The second-order valence-corrected chi connectivity index (χ2v) is 5.37. The number of hydrogen-bond donors (Lipinski definition) is 2. The van der Waals surface area contributed by atoms with E-state index in [-0.39, 0.29) is 18.2 Å². The molecule has 0 aliphatic rings. The predicted molar refractivity (Wildman–Crippen MR) is 78.3 cm³/mol. The summed E-state index contributed by atoms with van der Waals surface area (Å²) in [6.07, 6.45) is 1.64. The Labute approximate surface area is 128 Å². The lowest BCUT2D eigenvalue weighted by molar-refractivity contribution is -0.143. The summed E-state index contributed by atoms with van der Waals surface area (Å²) in [6, 6.07) is 2.72. The van der Waals surface area contributed by atoms with Crippen LogP contribution in [-0.4, -0.2) is 23.0 Å². The van der Waals surface area contributed by atoms with Gasteiger partial charge in [-0.3, -0.25) is 4.79 Å². The van der Waals surface area contributed by atoms with E-state index in [9.17, 15) is 18.4 Å². The van der Waals surface area contributed by atoms with E-state index in [4.69, 9.17) is 5.11 Å². The normalized spacial score (nSPS) is 13.5. The van der Waals surface area contributed by atoms with Gasteiger partial charge in [0.15, 0.2) is 11.6 Å². The van der Waals surface area contributed by atoms with E-state index in [0.29, 0.717) is 24.8 Å². The molecule has 4 nitrogen and oxygen atoms in total. The second kappa shape index (κ2) is 8.46. The fourth-order valence-corrected chi connectivity index (χ4v) is 2.08. The smallest absolute Gasteiger partial charge is 0.326 e. The number of nitrogens with one attached hydrogen (secondary N) is 1. The number of carbonyl (C=O) groups excluding carboxylic acids is 1. The molecule has 0 aromatic heterocycles. The summed E-state index contributed by atoms with van der Waals surface area (Å²) < 4.78 is 25.8. The SMILES string of the molecule is CC[C@H](C)[C@H](NC(=O)CCCc1ccc(F)c(F)c1)C(=O)O. The highest BCUT2D eigenvalue weighted by atomic mass is 19.2. The van der Waals surface area contributed by atoms with Gasteiger partial charge in [-0.25, -0.2) is 13.6 Å². The molecular weight excluding hydrogens is 292 g/mol. The molecule has 0 saturated carbocycles. The third-order valence-corrected chi connectivity index (χ3v) is 3.65. The van der Waals surface area contributed by atoms with Crippen LogP contribution in [0, 0.1) is 17.6 Å². The minimum Gasteiger partial charge on any atom is -0.480 e. The van der Waals surface area contributed by atoms with E-state index in [1.807, 2.05) is 6.92 Å². The van der Waals surface area contributed by atoms with E-state index in [1.165, 1.54) is 6.07 Å². The lowest BCUT2D eigenvalue weighted by Crippen LogP contribution is -2.44. The average Bonchev–Trinajstić information content (AvgIpc) is 2.47. The maximum atomic E-state index is 13.0. The lowest BCUT2D eigenvalue weighted by Gasteiger charge is -2.20. The lowest BCUT2D eigenvalue weighted by atomic mass is 9.99. The third kappa shape index (κ3) is 5.42. The number of rotatable bonds is 8. The number of aryl methyl sites for hydroxylation is 1. The maximum absolute atomic E-state index is 13.0. The van der Waals surface area contributed by atoms with Crippen molar-refractivity contribution in [2.45, 2.75) is 45.6 Å². The zero-order valence-electron chi connectivity index (χ0n) is 12.7. The molecule has 1 aromatic carbocycles. The summed E-state index contributed by atoms with van der Waals surface area (Å²) in [4.78, 5) is 22.9. The summed E-state index contributed by atoms with van der Waals surface area (Å²) in [6.45, 7) is 3.62. The highest BCUT2D eigenvalue weighted by Gasteiger charge is 2.24. The first kappa shape index (κ1) is 18.1. The van der Waals surface area contributed by atoms with Crippen LogP contribution >= 0.6 is 0 Å². The zero-order valence-corrected chi connectivity index (χ0v) is 12.7. The average molecular weight is 313 g/mol. The first-order valence-corrected chi connectivity index (χ1v) is 7.31. The molecule has 0 saturated heterocycles. The molecule has 0 heterocycles. The van der Waals surface area contributed by atoms with Gasteiger partial charge in [0.25, 0.3) is 0 Å². The van der Waals surface area contributed by atoms with Crippen molar-refractivity contribution in [3.63, 3.8) is 0 Å². The molecule has 0 unspecified atom stereocenters. The Balaban J connectivity index is 2.45. The molecule has 2 atom stereocenters. The van der Waals surface area contributed by atoms with Gasteiger partial charge in [0.1, 0.15) is 6.04 Å². The number of halogens is 2. The Kier molecular flexibility index (Phi) is 6.95. The van der Waals surface area contributed by atoms with Gasteiger partial charge in [-0.15, -0.1) is 0 Å². The van der Waals surface area contributed by atoms with Crippen LogP contribution in [0.3, 0.4) is 0 Å². The molecule has 0 fully saturated rings. The molecule has 1 amide bonds. The van der Waals surface area contributed by atoms with Crippen molar-refractivity contribution in [3.8, 4) is 0 Å². The van der Waals surface area contributed by atoms with Gasteiger partial charge >= 0.3 is 5.97 Å². The van der Waals surface area contributed by atoms with Crippen LogP contribution in [-0.2, 0) is 16.0 Å². The molecule has 0 radical (unpaired) electrons. The van der Waals surface area contributed by atoms with Gasteiger partial charge < -0.3 is 10.4 Å². The molecule has 0 aliphatic heterocycles. The Hall–Kier alpha value is -1.98. The summed E-state index contributed by atoms with van der Waals surface area (Å²) in [5.41, 5.74) is 0.600. The monoisotopic (exact) mass is 313 g/mol. The summed E-state index contributed by atoms with van der Waals surface area (Å²) in [5, 5.41) is 11.6. The van der Waals surface area contributed by atoms with E-state index in [0.717, 1.165) is 12.1 Å². The van der Waals surface area contributed by atoms with E-state index in [2.05, 4.69) is 5.32 Å². The molecule has 0 aliphatic carbocycles. The van der Waals surface area contributed by atoms with Crippen LogP contribution in [0.4, 0.5) is 8.78 Å². The largest absolute Gasteiger partial charge is 0.480 e. The van der Waals surface area contributed by atoms with Crippen LogP contribution in [0.5, 0.6) is 0 Å². The van der Waals surface area contributed by atoms with Crippen molar-refractivity contribution in [2.75, 3.05) is 0 Å². The van der Waals surface area contributed by atoms with Crippen molar-refractivity contribution >= 4 is 11.9 Å². The topological polar surface area (TPSA) is 66.4 Å². The Bertz CT molecular complexity index is 534. The highest BCUT2D eigenvalue weighted by molar-refractivity contribution is 5.83. The minimum atomic E-state index is -1.05. The number of amides is 1. The summed E-state index contributed by atoms with van der Waals surface area (Å²) >= 11 is 0. The van der Waals surface area contributed by atoms with Crippen molar-refractivity contribution < 1.29 is 23.5 Å². The first-order chi connectivity index (χ1) is 10.3. The zero-order chi connectivity index (χ0) is 16.7. The molecule has 0 spiro atoms. The second-order valence-electron chi connectivity index (χ2n) is 5.37. The molecule has 1 rings (SSSR count). The van der Waals surface area contributed by atoms with Crippen molar-refractivity contribution in [1.29, 1.82) is 0 Å². The first-order valence-electron chi connectivity index (χ1n) is 7.31. The van der Waals surface area contributed by atoms with Gasteiger partial charge in [-0.2, -0.15) is 0 Å². The van der Waals surface area contributed by atoms with Crippen molar-refractivity contribution in [3.05, 3.63) is 35.4 Å². The quantitative estimate of drug-likeness (QED) is 0.775. The van der Waals surface area contributed by atoms with Gasteiger partial charge in [-0.05, 0) is 36.5 Å². The Morgan fingerprint density at radius 1 is 1.27 bits per heavy atom. The van der Waals surface area contributed by atoms with Crippen LogP contribution in [0.15, 0.2) is 18.2 Å². The van der Waals surface area contributed by atoms with Crippen LogP contribution in [0.25, 0.3) is 0 Å². The third-order valence-electron chi connectivity index (χ3n) is 3.65. The molecule has 0 bridgehead atoms. The molecule has 122 valence electrons. The molecular formula is C16H21F2NO3. The molecule has 2 N–H and O–H groups in total. The van der Waals surface area contributed by atoms with Gasteiger partial charge in [0, 0.05) is 6.42 Å². The Morgan fingerprint density at radius 2 is 1.95 bits per heavy atom. The number of benzene rings is 1. The standard InChI is InChI=1S/C16H21F2NO3/c1-3-10(2)15(16(21)22)19-14(20)6-4-5-11-7-8-12(17)13(18)9-11/h7-10,15H,3-6H2,1-2H3,(H,19,20)(H,21,22)/t10-,15-/m0/s1. The number of carbonyl (C=O) groups is 2. The van der Waals surface area contributed by atoms with Gasteiger partial charge in [0.2, 0.25) is 5.91 Å². The van der Waals surface area contributed by atoms with Gasteiger partial charge in [-0.1, -0.05) is 26.3 Å². The van der Waals surface area contributed by atoms with Crippen LogP contribution in [0.2, 0.25) is 0 Å². The van der Waals surface area contributed by atoms with Gasteiger partial charge in [0.05, 0.1) is 0 Å². The number of hydrogen-bond acceptors (Lipinski definition) is 2. The fourth-order valence-electron chi connectivity index (χ4n) is 2.08. The van der Waals surface area contributed by atoms with Crippen LogP contribution < -0.4 is 5.32 Å². The Morgan fingerprint density at radius 3 is 2.50 bits per heavy atom. The van der Waals surface area contributed by atoms with Crippen LogP contribution in [0.1, 0.15) is 38.7 Å². The highest BCUT2D eigenvalue weighted by Crippen LogP contribution is 2.12.